The molecule has 0 spiro atoms. The van der Waals surface area contributed by atoms with Gasteiger partial charge in [0.15, 0.2) is 6.10 Å². The van der Waals surface area contributed by atoms with Gasteiger partial charge in [0.1, 0.15) is 11.6 Å². The van der Waals surface area contributed by atoms with Crippen molar-refractivity contribution < 1.29 is 9.53 Å². The molecule has 1 fully saturated rings. The molecule has 2 aliphatic rings. The fraction of sp³-hybridized carbons (Fsp3) is 0.444. The molecule has 1 aromatic carbocycles. The van der Waals surface area contributed by atoms with Crippen molar-refractivity contribution >= 4 is 17.5 Å². The number of hydrogen-bond donors (Lipinski definition) is 0. The average Bonchev–Trinajstić information content (AvgIpc) is 3.20. The summed E-state index contributed by atoms with van der Waals surface area (Å²) < 4.78 is 8.03. The highest BCUT2D eigenvalue weighted by Gasteiger charge is 2.35. The van der Waals surface area contributed by atoms with Crippen LogP contribution in [0.25, 0.3) is 0 Å². The van der Waals surface area contributed by atoms with Crippen molar-refractivity contribution in [2.24, 2.45) is 0 Å². The molecule has 0 bridgehead atoms. The Morgan fingerprint density at radius 2 is 2.29 bits per heavy atom. The first-order valence-electron chi connectivity index (χ1n) is 8.35. The number of halogens is 1. The number of rotatable bonds is 2. The van der Waals surface area contributed by atoms with Gasteiger partial charge in [0.2, 0.25) is 0 Å². The second kappa shape index (κ2) is 6.13. The highest BCUT2D eigenvalue weighted by molar-refractivity contribution is 6.30. The van der Waals surface area contributed by atoms with Gasteiger partial charge < -0.3 is 14.2 Å². The van der Waals surface area contributed by atoms with Crippen LogP contribution in [0.2, 0.25) is 5.02 Å². The summed E-state index contributed by atoms with van der Waals surface area (Å²) >= 11 is 6.03. The quantitative estimate of drug-likeness (QED) is 0.840. The van der Waals surface area contributed by atoms with Crippen LogP contribution in [-0.2, 0) is 11.2 Å². The van der Waals surface area contributed by atoms with Gasteiger partial charge in [-0.2, -0.15) is 0 Å². The van der Waals surface area contributed by atoms with Crippen LogP contribution < -0.4 is 4.74 Å². The molecule has 2 aromatic rings. The summed E-state index contributed by atoms with van der Waals surface area (Å²) in [6.45, 7) is 3.51. The SMILES string of the molecule is Cc1nccn1[C@H]1CCCN(C(=O)[C@H]2Cc3cc(Cl)ccc3O2)C1. The van der Waals surface area contributed by atoms with Crippen LogP contribution in [0, 0.1) is 6.92 Å². The maximum Gasteiger partial charge on any atom is 0.264 e. The molecule has 5 nitrogen and oxygen atoms in total. The Hall–Kier alpha value is -2.01. The molecule has 0 unspecified atom stereocenters. The van der Waals surface area contributed by atoms with E-state index < -0.39 is 6.10 Å². The minimum Gasteiger partial charge on any atom is -0.480 e. The molecule has 1 amide bonds. The van der Waals surface area contributed by atoms with Gasteiger partial charge in [-0.25, -0.2) is 4.98 Å². The van der Waals surface area contributed by atoms with Crippen LogP contribution in [-0.4, -0.2) is 39.6 Å². The maximum atomic E-state index is 12.9. The van der Waals surface area contributed by atoms with E-state index in [2.05, 4.69) is 9.55 Å². The lowest BCUT2D eigenvalue weighted by atomic mass is 10.0. The van der Waals surface area contributed by atoms with E-state index in [0.29, 0.717) is 24.0 Å². The van der Waals surface area contributed by atoms with Crippen molar-refractivity contribution in [2.45, 2.75) is 38.3 Å². The van der Waals surface area contributed by atoms with Crippen LogP contribution in [0.4, 0.5) is 0 Å². The fourth-order valence-electron chi connectivity index (χ4n) is 3.71. The fourth-order valence-corrected chi connectivity index (χ4v) is 3.91. The maximum absolute atomic E-state index is 12.9. The Morgan fingerprint density at radius 1 is 1.42 bits per heavy atom. The summed E-state index contributed by atoms with van der Waals surface area (Å²) in [7, 11) is 0. The Kier molecular flexibility index (Phi) is 3.96. The second-order valence-corrected chi connectivity index (χ2v) is 6.96. The predicted molar refractivity (Wildman–Crippen MR) is 91.4 cm³/mol. The summed E-state index contributed by atoms with van der Waals surface area (Å²) in [6.07, 6.45) is 6.05. The van der Waals surface area contributed by atoms with Crippen LogP contribution in [0.5, 0.6) is 5.75 Å². The zero-order chi connectivity index (χ0) is 16.7. The van der Waals surface area contributed by atoms with E-state index in [1.54, 1.807) is 6.07 Å². The van der Waals surface area contributed by atoms with Gasteiger partial charge in [-0.15, -0.1) is 0 Å². The highest BCUT2D eigenvalue weighted by atomic mass is 35.5. The molecule has 4 rings (SSSR count). The van der Waals surface area contributed by atoms with E-state index in [4.69, 9.17) is 16.3 Å². The molecule has 1 saturated heterocycles. The molecular weight excluding hydrogens is 326 g/mol. The van der Waals surface area contributed by atoms with Gasteiger partial charge >= 0.3 is 0 Å². The van der Waals surface area contributed by atoms with E-state index in [0.717, 1.165) is 36.5 Å². The van der Waals surface area contributed by atoms with Gasteiger partial charge in [0.05, 0.1) is 6.04 Å². The lowest BCUT2D eigenvalue weighted by Gasteiger charge is -2.35. The number of hydrogen-bond acceptors (Lipinski definition) is 3. The summed E-state index contributed by atoms with van der Waals surface area (Å²) in [4.78, 5) is 19.1. The minimum absolute atomic E-state index is 0.0739. The standard InChI is InChI=1S/C18H20ClN3O2/c1-12-20-6-8-22(12)15-3-2-7-21(11-15)18(23)17-10-13-9-14(19)4-5-16(13)24-17/h4-6,8-9,15,17H,2-3,7,10-11H2,1H3/t15-,17+/m0/s1. The molecule has 2 atom stereocenters. The van der Waals surface area contributed by atoms with Gasteiger partial charge in [-0.3, -0.25) is 4.79 Å². The zero-order valence-electron chi connectivity index (χ0n) is 13.6. The number of amides is 1. The van der Waals surface area contributed by atoms with Crippen molar-refractivity contribution in [3.8, 4) is 5.75 Å². The first-order chi connectivity index (χ1) is 11.6. The number of aromatic nitrogens is 2. The van der Waals surface area contributed by atoms with Crippen LogP contribution in [0.15, 0.2) is 30.6 Å². The van der Waals surface area contributed by atoms with Crippen LogP contribution in [0.1, 0.15) is 30.3 Å². The smallest absolute Gasteiger partial charge is 0.264 e. The van der Waals surface area contributed by atoms with Gasteiger partial charge in [0.25, 0.3) is 5.91 Å². The van der Waals surface area contributed by atoms with Crippen LogP contribution in [0.3, 0.4) is 0 Å². The Balaban J connectivity index is 1.46. The Morgan fingerprint density at radius 3 is 3.08 bits per heavy atom. The van der Waals surface area contributed by atoms with E-state index in [-0.39, 0.29) is 5.91 Å². The molecule has 126 valence electrons. The van der Waals surface area contributed by atoms with Crippen LogP contribution >= 0.6 is 11.6 Å². The normalized spacial score (nSPS) is 23.0. The minimum atomic E-state index is -0.430. The summed E-state index contributed by atoms with van der Waals surface area (Å²) in [6, 6.07) is 5.83. The number of carbonyl (C=O) groups excluding carboxylic acids is 1. The van der Waals surface area contributed by atoms with E-state index >= 15 is 0 Å². The largest absolute Gasteiger partial charge is 0.480 e. The summed E-state index contributed by atoms with van der Waals surface area (Å²) in [5.74, 6) is 1.84. The number of fused-ring (bicyclic) bond motifs is 1. The summed E-state index contributed by atoms with van der Waals surface area (Å²) in [5, 5.41) is 0.680. The third kappa shape index (κ3) is 2.77. The highest BCUT2D eigenvalue weighted by Crippen LogP contribution is 2.32. The number of likely N-dealkylation sites (tertiary alicyclic amines) is 1. The topological polar surface area (TPSA) is 47.4 Å². The molecule has 6 heteroatoms. The number of imidazole rings is 1. The molecule has 0 radical (unpaired) electrons. The monoisotopic (exact) mass is 345 g/mol. The van der Waals surface area contributed by atoms with Crippen molar-refractivity contribution in [2.75, 3.05) is 13.1 Å². The van der Waals surface area contributed by atoms with Crippen molar-refractivity contribution in [1.29, 1.82) is 0 Å². The number of nitrogens with zero attached hydrogens (tertiary/aromatic N) is 3. The van der Waals surface area contributed by atoms with Crippen molar-refractivity contribution in [1.82, 2.24) is 14.5 Å². The summed E-state index contributed by atoms with van der Waals surface area (Å²) in [5.41, 5.74) is 1.01. The number of aryl methyl sites for hydroxylation is 1. The van der Waals surface area contributed by atoms with Crippen molar-refractivity contribution in [3.63, 3.8) is 0 Å². The van der Waals surface area contributed by atoms with E-state index in [9.17, 15) is 4.79 Å². The second-order valence-electron chi connectivity index (χ2n) is 6.52. The Bertz CT molecular complexity index is 773. The van der Waals surface area contributed by atoms with Gasteiger partial charge in [0, 0.05) is 36.9 Å². The molecule has 2 aliphatic heterocycles. The number of benzene rings is 1. The number of carbonyl (C=O) groups is 1. The zero-order valence-corrected chi connectivity index (χ0v) is 14.4. The number of ether oxygens (including phenoxy) is 1. The first kappa shape index (κ1) is 15.5. The lowest BCUT2D eigenvalue weighted by Crippen LogP contribution is -2.46. The lowest BCUT2D eigenvalue weighted by molar-refractivity contribution is -0.139. The average molecular weight is 346 g/mol. The third-order valence-electron chi connectivity index (χ3n) is 4.94. The first-order valence-corrected chi connectivity index (χ1v) is 8.73. The molecule has 24 heavy (non-hydrogen) atoms. The van der Waals surface area contributed by atoms with Gasteiger partial charge in [-0.1, -0.05) is 11.6 Å². The molecule has 0 saturated carbocycles. The molecular formula is C18H20ClN3O2. The Labute approximate surface area is 146 Å². The van der Waals surface area contributed by atoms with Gasteiger partial charge in [-0.05, 0) is 43.5 Å². The molecule has 0 aliphatic carbocycles. The third-order valence-corrected chi connectivity index (χ3v) is 5.17. The molecule has 1 aromatic heterocycles. The number of piperidine rings is 1. The van der Waals surface area contributed by atoms with E-state index in [1.165, 1.54) is 0 Å². The van der Waals surface area contributed by atoms with E-state index in [1.807, 2.05) is 36.4 Å². The molecule has 3 heterocycles. The predicted octanol–water partition coefficient (Wildman–Crippen LogP) is 3.01. The molecule has 0 N–H and O–H groups in total. The van der Waals surface area contributed by atoms with Crippen molar-refractivity contribution in [3.05, 3.63) is 47.0 Å².